The number of hydrogen-bond acceptors (Lipinski definition) is 4. The van der Waals surface area contributed by atoms with E-state index >= 15 is 0 Å². The van der Waals surface area contributed by atoms with Gasteiger partial charge in [-0.2, -0.15) is 0 Å². The summed E-state index contributed by atoms with van der Waals surface area (Å²) in [4.78, 5) is 5.42. The van der Waals surface area contributed by atoms with E-state index in [2.05, 4.69) is 41.4 Å². The number of fused-ring (bicyclic) bond motifs is 1. The Morgan fingerprint density at radius 1 is 0.955 bits per heavy atom. The van der Waals surface area contributed by atoms with Gasteiger partial charge in [0.05, 0.1) is 11.9 Å². The molecule has 2 aromatic heterocycles. The highest BCUT2D eigenvalue weighted by molar-refractivity contribution is 8.00. The van der Waals surface area contributed by atoms with Gasteiger partial charge in [-0.25, -0.2) is 9.50 Å². The fraction of sp³-hybridized carbons (Fsp3) is 0.0588. The van der Waals surface area contributed by atoms with Crippen LogP contribution in [-0.2, 0) is 5.75 Å². The Balaban J connectivity index is 1.60. The largest absolute Gasteiger partial charge is 0.225 e. The van der Waals surface area contributed by atoms with E-state index < -0.39 is 0 Å². The predicted molar refractivity (Wildman–Crippen MR) is 92.3 cm³/mol. The van der Waals surface area contributed by atoms with Crippen molar-refractivity contribution in [3.63, 3.8) is 0 Å². The van der Waals surface area contributed by atoms with Gasteiger partial charge >= 0.3 is 0 Å². The normalized spacial score (nSPS) is 11.1. The summed E-state index contributed by atoms with van der Waals surface area (Å²) in [5.41, 5.74) is 3.49. The molecule has 0 N–H and O–H groups in total. The molecule has 0 aliphatic rings. The van der Waals surface area contributed by atoms with Crippen molar-refractivity contribution in [3.05, 3.63) is 72.4 Å². The Hall–Kier alpha value is -2.11. The van der Waals surface area contributed by atoms with Crippen LogP contribution in [0.1, 0.15) is 5.56 Å². The third-order valence-electron chi connectivity index (χ3n) is 3.34. The molecule has 2 heterocycles. The molecule has 108 valence electrons. The summed E-state index contributed by atoms with van der Waals surface area (Å²) < 4.78 is 2.98. The summed E-state index contributed by atoms with van der Waals surface area (Å²) in [6.07, 6.45) is 1.89. The van der Waals surface area contributed by atoms with E-state index in [1.54, 1.807) is 23.1 Å². The summed E-state index contributed by atoms with van der Waals surface area (Å²) >= 11 is 3.39. The number of hydrogen-bond donors (Lipinski definition) is 0. The van der Waals surface area contributed by atoms with Crippen molar-refractivity contribution in [2.75, 3.05) is 0 Å². The highest BCUT2D eigenvalue weighted by Gasteiger charge is 2.11. The lowest BCUT2D eigenvalue weighted by Crippen LogP contribution is -1.88. The molecule has 0 spiro atoms. The Bertz CT molecular complexity index is 882. The van der Waals surface area contributed by atoms with E-state index in [9.17, 15) is 0 Å². The molecule has 0 atom stereocenters. The molecule has 0 aliphatic heterocycles. The quantitative estimate of drug-likeness (QED) is 0.508. The van der Waals surface area contributed by atoms with Crippen LogP contribution in [0.4, 0.5) is 0 Å². The van der Waals surface area contributed by atoms with Gasteiger partial charge in [-0.3, -0.25) is 0 Å². The van der Waals surface area contributed by atoms with Gasteiger partial charge < -0.3 is 0 Å². The summed E-state index contributed by atoms with van der Waals surface area (Å²) in [5.74, 6) is 0.929. The van der Waals surface area contributed by atoms with Crippen molar-refractivity contribution in [2.24, 2.45) is 0 Å². The fourth-order valence-electron chi connectivity index (χ4n) is 2.26. The number of benzene rings is 2. The minimum Gasteiger partial charge on any atom is -0.225 e. The van der Waals surface area contributed by atoms with Gasteiger partial charge in [0.2, 0.25) is 4.96 Å². The first-order chi connectivity index (χ1) is 10.9. The molecule has 5 heteroatoms. The third kappa shape index (κ3) is 2.65. The van der Waals surface area contributed by atoms with Crippen LogP contribution in [0.2, 0.25) is 0 Å². The van der Waals surface area contributed by atoms with E-state index in [-0.39, 0.29) is 0 Å². The van der Waals surface area contributed by atoms with Crippen LogP contribution in [0.15, 0.2) is 71.2 Å². The third-order valence-corrected chi connectivity index (χ3v) is 5.47. The van der Waals surface area contributed by atoms with Crippen molar-refractivity contribution in [2.45, 2.75) is 10.1 Å². The van der Waals surface area contributed by atoms with Crippen molar-refractivity contribution in [1.82, 2.24) is 14.6 Å². The van der Waals surface area contributed by atoms with Gasteiger partial charge in [-0.15, -0.1) is 5.10 Å². The maximum absolute atomic E-state index is 4.70. The molecular weight excluding hydrogens is 310 g/mol. The van der Waals surface area contributed by atoms with Gasteiger partial charge in [-0.1, -0.05) is 83.8 Å². The highest BCUT2D eigenvalue weighted by atomic mass is 32.2. The van der Waals surface area contributed by atoms with E-state index in [4.69, 9.17) is 5.10 Å². The first kappa shape index (κ1) is 13.5. The topological polar surface area (TPSA) is 30.2 Å². The number of nitrogens with zero attached hydrogens (tertiary/aromatic N) is 3. The van der Waals surface area contributed by atoms with Crippen molar-refractivity contribution >= 4 is 28.1 Å². The first-order valence-corrected chi connectivity index (χ1v) is 8.77. The van der Waals surface area contributed by atoms with Gasteiger partial charge in [0, 0.05) is 11.3 Å². The van der Waals surface area contributed by atoms with Crippen LogP contribution in [-0.4, -0.2) is 14.6 Å². The fourth-order valence-corrected chi connectivity index (χ4v) is 4.13. The van der Waals surface area contributed by atoms with Crippen LogP contribution in [0.3, 0.4) is 0 Å². The molecule has 0 fully saturated rings. The summed E-state index contributed by atoms with van der Waals surface area (Å²) in [6.45, 7) is 0. The van der Waals surface area contributed by atoms with Crippen LogP contribution >= 0.6 is 23.1 Å². The zero-order valence-corrected chi connectivity index (χ0v) is 13.3. The molecule has 4 aromatic rings. The molecule has 2 aromatic carbocycles. The smallest absolute Gasteiger partial charge is 0.213 e. The molecule has 0 radical (unpaired) electrons. The Morgan fingerprint density at radius 3 is 2.45 bits per heavy atom. The average Bonchev–Trinajstić information content (AvgIpc) is 3.15. The van der Waals surface area contributed by atoms with Crippen LogP contribution in [0, 0.1) is 0 Å². The zero-order chi connectivity index (χ0) is 14.8. The van der Waals surface area contributed by atoms with Crippen LogP contribution < -0.4 is 0 Å². The highest BCUT2D eigenvalue weighted by Crippen LogP contribution is 2.30. The van der Waals surface area contributed by atoms with Crippen LogP contribution in [0.25, 0.3) is 16.2 Å². The summed E-state index contributed by atoms with van der Waals surface area (Å²) in [6, 6.07) is 20.7. The first-order valence-electron chi connectivity index (χ1n) is 6.97. The Labute approximate surface area is 136 Å². The van der Waals surface area contributed by atoms with E-state index in [0.717, 1.165) is 26.3 Å². The standard InChI is InChI=1S/C17H13N3S2/c1-3-7-13(8-4-1)12-21-17-19-20-15(11-18-16(20)22-17)14-9-5-2-6-10-14/h1-11H,12H2. The Morgan fingerprint density at radius 2 is 1.68 bits per heavy atom. The lowest BCUT2D eigenvalue weighted by atomic mass is 10.2. The predicted octanol–water partition coefficient (Wildman–Crippen LogP) is 4.75. The number of aromatic nitrogens is 3. The molecule has 0 bridgehead atoms. The number of thioether (sulfide) groups is 1. The molecular formula is C17H13N3S2. The minimum absolute atomic E-state index is 0.929. The van der Waals surface area contributed by atoms with Gasteiger partial charge in [0.1, 0.15) is 0 Å². The van der Waals surface area contributed by atoms with Crippen molar-refractivity contribution in [1.29, 1.82) is 0 Å². The van der Waals surface area contributed by atoms with Crippen molar-refractivity contribution < 1.29 is 0 Å². The molecule has 3 nitrogen and oxygen atoms in total. The molecule has 0 saturated heterocycles. The SMILES string of the molecule is c1ccc(CSc2nn3c(-c4ccccc4)cnc3s2)cc1. The number of imidazole rings is 1. The second-order valence-electron chi connectivity index (χ2n) is 4.85. The maximum Gasteiger partial charge on any atom is 0.213 e. The molecule has 0 unspecified atom stereocenters. The van der Waals surface area contributed by atoms with E-state index in [0.29, 0.717) is 0 Å². The minimum atomic E-state index is 0.929. The molecule has 4 rings (SSSR count). The summed E-state index contributed by atoms with van der Waals surface area (Å²) in [7, 11) is 0. The lowest BCUT2D eigenvalue weighted by molar-refractivity contribution is 0.921. The van der Waals surface area contributed by atoms with Gasteiger partial charge in [-0.05, 0) is 5.56 Å². The van der Waals surface area contributed by atoms with Crippen molar-refractivity contribution in [3.8, 4) is 11.3 Å². The second-order valence-corrected chi connectivity index (χ2v) is 7.02. The van der Waals surface area contributed by atoms with Crippen LogP contribution in [0.5, 0.6) is 0 Å². The monoisotopic (exact) mass is 323 g/mol. The van der Waals surface area contributed by atoms with Gasteiger partial charge in [0.15, 0.2) is 4.34 Å². The van der Waals surface area contributed by atoms with E-state index in [1.807, 2.05) is 35.0 Å². The molecule has 0 amide bonds. The second kappa shape index (κ2) is 5.94. The zero-order valence-electron chi connectivity index (χ0n) is 11.7. The van der Waals surface area contributed by atoms with Gasteiger partial charge in [0.25, 0.3) is 0 Å². The Kier molecular flexibility index (Phi) is 3.66. The molecule has 22 heavy (non-hydrogen) atoms. The summed E-state index contributed by atoms with van der Waals surface area (Å²) in [5, 5.41) is 4.70. The van der Waals surface area contributed by atoms with E-state index in [1.165, 1.54) is 5.56 Å². The molecule has 0 saturated carbocycles. The average molecular weight is 323 g/mol. The number of rotatable bonds is 4. The maximum atomic E-state index is 4.70. The molecule has 0 aliphatic carbocycles. The lowest BCUT2D eigenvalue weighted by Gasteiger charge is -1.98.